The van der Waals surface area contributed by atoms with E-state index >= 15 is 0 Å². The zero-order valence-electron chi connectivity index (χ0n) is 12.4. The summed E-state index contributed by atoms with van der Waals surface area (Å²) in [5.74, 6) is 6.33. The van der Waals surface area contributed by atoms with E-state index in [1.54, 1.807) is 0 Å². The van der Waals surface area contributed by atoms with Crippen LogP contribution in [0.1, 0.15) is 11.1 Å². The summed E-state index contributed by atoms with van der Waals surface area (Å²) in [5, 5.41) is 12.8. The molecule has 0 unspecified atom stereocenters. The van der Waals surface area contributed by atoms with Crippen molar-refractivity contribution in [2.24, 2.45) is 5.41 Å². The van der Waals surface area contributed by atoms with E-state index in [2.05, 4.69) is 17.2 Å². The van der Waals surface area contributed by atoms with E-state index in [9.17, 15) is 5.11 Å². The van der Waals surface area contributed by atoms with Gasteiger partial charge in [0.2, 0.25) is 0 Å². The summed E-state index contributed by atoms with van der Waals surface area (Å²) in [5.41, 5.74) is 2.86. The van der Waals surface area contributed by atoms with Crippen molar-refractivity contribution in [3.8, 4) is 11.8 Å². The standard InChI is InChI=1S/C19H19NO2/c21-13-19(14-22-15-19)12-20-18-8-4-7-17(11-18)10-9-16-5-2-1-3-6-16/h1-8,11,20-21H,12-15H2. The molecule has 3 nitrogen and oxygen atoms in total. The minimum Gasteiger partial charge on any atom is -0.396 e. The number of hydrogen-bond acceptors (Lipinski definition) is 3. The molecular formula is C19H19NO2. The minimum atomic E-state index is -0.133. The van der Waals surface area contributed by atoms with Gasteiger partial charge in [-0.3, -0.25) is 0 Å². The predicted molar refractivity (Wildman–Crippen MR) is 87.7 cm³/mol. The first-order chi connectivity index (χ1) is 10.8. The summed E-state index contributed by atoms with van der Waals surface area (Å²) in [7, 11) is 0. The summed E-state index contributed by atoms with van der Waals surface area (Å²) in [6, 6.07) is 18.0. The van der Waals surface area contributed by atoms with Crippen LogP contribution < -0.4 is 5.32 Å². The van der Waals surface area contributed by atoms with Crippen molar-refractivity contribution in [2.45, 2.75) is 0 Å². The van der Waals surface area contributed by atoms with Gasteiger partial charge in [-0.15, -0.1) is 0 Å². The summed E-state index contributed by atoms with van der Waals surface area (Å²) in [4.78, 5) is 0. The number of nitrogens with one attached hydrogen (secondary N) is 1. The highest BCUT2D eigenvalue weighted by molar-refractivity contribution is 5.52. The van der Waals surface area contributed by atoms with Crippen LogP contribution in [0.3, 0.4) is 0 Å². The molecule has 2 N–H and O–H groups in total. The maximum Gasteiger partial charge on any atom is 0.0584 e. The summed E-state index contributed by atoms with van der Waals surface area (Å²) in [6.45, 7) is 2.08. The zero-order valence-corrected chi connectivity index (χ0v) is 12.4. The van der Waals surface area contributed by atoms with Gasteiger partial charge in [0.15, 0.2) is 0 Å². The molecule has 0 aliphatic carbocycles. The minimum absolute atomic E-state index is 0.133. The molecule has 2 aromatic rings. The quantitative estimate of drug-likeness (QED) is 0.851. The van der Waals surface area contributed by atoms with E-state index in [0.717, 1.165) is 16.8 Å². The van der Waals surface area contributed by atoms with Gasteiger partial charge in [-0.1, -0.05) is 36.1 Å². The molecule has 1 heterocycles. The fourth-order valence-corrected chi connectivity index (χ4v) is 2.30. The van der Waals surface area contributed by atoms with Gasteiger partial charge in [0.1, 0.15) is 0 Å². The number of ether oxygens (including phenoxy) is 1. The summed E-state index contributed by atoms with van der Waals surface area (Å²) >= 11 is 0. The Kier molecular flexibility index (Phi) is 4.43. The van der Waals surface area contributed by atoms with Crippen molar-refractivity contribution in [1.82, 2.24) is 0 Å². The van der Waals surface area contributed by atoms with Crippen LogP contribution >= 0.6 is 0 Å². The molecule has 22 heavy (non-hydrogen) atoms. The lowest BCUT2D eigenvalue weighted by molar-refractivity contribution is -0.128. The topological polar surface area (TPSA) is 41.5 Å². The third-order valence-corrected chi connectivity index (χ3v) is 3.81. The predicted octanol–water partition coefficient (Wildman–Crippen LogP) is 2.51. The van der Waals surface area contributed by atoms with E-state index < -0.39 is 0 Å². The average molecular weight is 293 g/mol. The molecular weight excluding hydrogens is 274 g/mol. The van der Waals surface area contributed by atoms with Crippen LogP contribution in [-0.2, 0) is 4.74 Å². The van der Waals surface area contributed by atoms with Crippen LogP contribution in [0.4, 0.5) is 5.69 Å². The molecule has 0 aromatic heterocycles. The molecule has 0 atom stereocenters. The van der Waals surface area contributed by atoms with Crippen LogP contribution in [0, 0.1) is 17.3 Å². The molecule has 1 saturated heterocycles. The highest BCUT2D eigenvalue weighted by Crippen LogP contribution is 2.27. The molecule has 0 spiro atoms. The Morgan fingerprint density at radius 2 is 1.73 bits per heavy atom. The third kappa shape index (κ3) is 3.48. The lowest BCUT2D eigenvalue weighted by Crippen LogP contribution is -2.50. The molecule has 3 rings (SSSR count). The Balaban J connectivity index is 1.67. The largest absolute Gasteiger partial charge is 0.396 e. The molecule has 112 valence electrons. The maximum atomic E-state index is 9.44. The number of benzene rings is 2. The van der Waals surface area contributed by atoms with Gasteiger partial charge in [-0.25, -0.2) is 0 Å². The lowest BCUT2D eigenvalue weighted by atomic mass is 9.87. The van der Waals surface area contributed by atoms with Crippen LogP contribution in [0.25, 0.3) is 0 Å². The summed E-state index contributed by atoms with van der Waals surface area (Å²) < 4.78 is 5.21. The third-order valence-electron chi connectivity index (χ3n) is 3.81. The highest BCUT2D eigenvalue weighted by atomic mass is 16.5. The van der Waals surface area contributed by atoms with Gasteiger partial charge in [-0.2, -0.15) is 0 Å². The molecule has 3 heteroatoms. The van der Waals surface area contributed by atoms with E-state index in [1.807, 2.05) is 54.6 Å². The van der Waals surface area contributed by atoms with Gasteiger partial charge < -0.3 is 15.2 Å². The van der Waals surface area contributed by atoms with Gasteiger partial charge in [0, 0.05) is 23.4 Å². The number of anilines is 1. The normalized spacial score (nSPS) is 15.3. The lowest BCUT2D eigenvalue weighted by Gasteiger charge is -2.40. The monoisotopic (exact) mass is 293 g/mol. The molecule has 0 bridgehead atoms. The molecule has 0 saturated carbocycles. The van der Waals surface area contributed by atoms with E-state index in [0.29, 0.717) is 19.8 Å². The fourth-order valence-electron chi connectivity index (χ4n) is 2.30. The fraction of sp³-hybridized carbons (Fsp3) is 0.263. The first-order valence-corrected chi connectivity index (χ1v) is 7.39. The zero-order chi connectivity index (χ0) is 15.3. The van der Waals surface area contributed by atoms with Gasteiger partial charge in [-0.05, 0) is 30.3 Å². The number of hydrogen-bond donors (Lipinski definition) is 2. The second-order valence-corrected chi connectivity index (χ2v) is 5.70. The van der Waals surface area contributed by atoms with Crippen LogP contribution in [-0.4, -0.2) is 31.5 Å². The Morgan fingerprint density at radius 3 is 2.41 bits per heavy atom. The molecule has 0 amide bonds. The molecule has 2 aromatic carbocycles. The molecule has 1 fully saturated rings. The van der Waals surface area contributed by atoms with Crippen molar-refractivity contribution in [3.05, 3.63) is 65.7 Å². The van der Waals surface area contributed by atoms with Crippen molar-refractivity contribution in [3.63, 3.8) is 0 Å². The van der Waals surface area contributed by atoms with Gasteiger partial charge in [0.25, 0.3) is 0 Å². The summed E-state index contributed by atoms with van der Waals surface area (Å²) in [6.07, 6.45) is 0. The second kappa shape index (κ2) is 6.65. The Hall–Kier alpha value is -2.28. The highest BCUT2D eigenvalue weighted by Gasteiger charge is 2.37. The SMILES string of the molecule is OCC1(CNc2cccc(C#Cc3ccccc3)c2)COC1. The Morgan fingerprint density at radius 1 is 1.00 bits per heavy atom. The molecule has 1 aliphatic rings. The first-order valence-electron chi connectivity index (χ1n) is 7.39. The Bertz CT molecular complexity index is 676. The van der Waals surface area contributed by atoms with Crippen LogP contribution in [0.5, 0.6) is 0 Å². The van der Waals surface area contributed by atoms with Crippen LogP contribution in [0.15, 0.2) is 54.6 Å². The van der Waals surface area contributed by atoms with E-state index in [1.165, 1.54) is 0 Å². The van der Waals surface area contributed by atoms with E-state index in [4.69, 9.17) is 4.74 Å². The van der Waals surface area contributed by atoms with Crippen LogP contribution in [0.2, 0.25) is 0 Å². The second-order valence-electron chi connectivity index (χ2n) is 5.70. The van der Waals surface area contributed by atoms with Crippen molar-refractivity contribution < 1.29 is 9.84 Å². The number of aliphatic hydroxyl groups is 1. The van der Waals surface area contributed by atoms with Crippen molar-refractivity contribution >= 4 is 5.69 Å². The maximum absolute atomic E-state index is 9.44. The van der Waals surface area contributed by atoms with Gasteiger partial charge in [0.05, 0.1) is 25.2 Å². The van der Waals surface area contributed by atoms with E-state index in [-0.39, 0.29) is 12.0 Å². The smallest absolute Gasteiger partial charge is 0.0584 e. The average Bonchev–Trinajstić information content (AvgIpc) is 2.54. The Labute approximate surface area is 130 Å². The first kappa shape index (κ1) is 14.6. The molecule has 0 radical (unpaired) electrons. The van der Waals surface area contributed by atoms with Crippen molar-refractivity contribution in [2.75, 3.05) is 31.7 Å². The number of rotatable bonds is 4. The van der Waals surface area contributed by atoms with Gasteiger partial charge >= 0.3 is 0 Å². The molecule has 1 aliphatic heterocycles. The number of aliphatic hydroxyl groups excluding tert-OH is 1. The van der Waals surface area contributed by atoms with Crippen molar-refractivity contribution in [1.29, 1.82) is 0 Å².